The fourth-order valence-corrected chi connectivity index (χ4v) is 3.68. The number of carbonyl (C=O) groups excluding carboxylic acids is 1. The Labute approximate surface area is 164 Å². The zero-order chi connectivity index (χ0) is 16.8. The normalized spacial score (nSPS) is 22.9. The summed E-state index contributed by atoms with van der Waals surface area (Å²) in [5.74, 6) is 1.42. The Bertz CT molecular complexity index is 491. The van der Waals surface area contributed by atoms with E-state index < -0.39 is 6.04 Å². The van der Waals surface area contributed by atoms with Crippen molar-refractivity contribution in [3.63, 3.8) is 0 Å². The maximum atomic E-state index is 12.3. The standard InChI is InChI=1S/C19H31N3O.2ClH/c1-14-9-15(2)12-22(11-14)13-16(3)21-19(23)18(20)10-17-7-5-4-6-8-17;;/h4-8,14-16,18H,9-13,20H2,1-3H3,(H,21,23);2*1H. The van der Waals surface area contributed by atoms with Gasteiger partial charge in [-0.1, -0.05) is 44.2 Å². The molecule has 6 heteroatoms. The second-order valence-electron chi connectivity index (χ2n) is 7.37. The van der Waals surface area contributed by atoms with Crippen LogP contribution in [-0.2, 0) is 11.2 Å². The van der Waals surface area contributed by atoms with Gasteiger partial charge in [-0.2, -0.15) is 0 Å². The van der Waals surface area contributed by atoms with Gasteiger partial charge in [-0.15, -0.1) is 24.8 Å². The van der Waals surface area contributed by atoms with Crippen molar-refractivity contribution in [1.82, 2.24) is 10.2 Å². The Hall–Kier alpha value is -0.810. The van der Waals surface area contributed by atoms with Gasteiger partial charge in [-0.25, -0.2) is 0 Å². The number of likely N-dealkylation sites (tertiary alicyclic amines) is 1. The van der Waals surface area contributed by atoms with Gasteiger partial charge in [-0.05, 0) is 37.2 Å². The lowest BCUT2D eigenvalue weighted by atomic mass is 9.92. The van der Waals surface area contributed by atoms with E-state index in [0.717, 1.165) is 37.0 Å². The van der Waals surface area contributed by atoms with Crippen LogP contribution in [0, 0.1) is 11.8 Å². The quantitative estimate of drug-likeness (QED) is 0.785. The molecule has 25 heavy (non-hydrogen) atoms. The monoisotopic (exact) mass is 389 g/mol. The molecule has 4 nitrogen and oxygen atoms in total. The molecule has 3 N–H and O–H groups in total. The Kier molecular flexibility index (Phi) is 11.4. The lowest BCUT2D eigenvalue weighted by Gasteiger charge is -2.36. The molecule has 4 atom stereocenters. The first-order valence-corrected chi connectivity index (χ1v) is 8.76. The number of amides is 1. The highest BCUT2D eigenvalue weighted by Gasteiger charge is 2.24. The minimum atomic E-state index is -0.487. The zero-order valence-electron chi connectivity index (χ0n) is 15.5. The number of nitrogens with zero attached hydrogens (tertiary/aromatic N) is 1. The van der Waals surface area contributed by atoms with Crippen molar-refractivity contribution < 1.29 is 4.79 Å². The molecule has 0 saturated carbocycles. The van der Waals surface area contributed by atoms with E-state index in [2.05, 4.69) is 31.0 Å². The molecule has 1 heterocycles. The second-order valence-corrected chi connectivity index (χ2v) is 7.37. The second kappa shape index (κ2) is 11.7. The van der Waals surface area contributed by atoms with E-state index in [4.69, 9.17) is 5.73 Å². The highest BCUT2D eigenvalue weighted by atomic mass is 35.5. The number of halogens is 2. The van der Waals surface area contributed by atoms with E-state index in [9.17, 15) is 4.79 Å². The third-order valence-corrected chi connectivity index (χ3v) is 4.50. The maximum Gasteiger partial charge on any atom is 0.237 e. The molecule has 1 aliphatic rings. The number of hydrogen-bond donors (Lipinski definition) is 2. The summed E-state index contributed by atoms with van der Waals surface area (Å²) in [5.41, 5.74) is 7.15. The lowest BCUT2D eigenvalue weighted by molar-refractivity contribution is -0.123. The van der Waals surface area contributed by atoms with Crippen LogP contribution in [0.5, 0.6) is 0 Å². The summed E-state index contributed by atoms with van der Waals surface area (Å²) < 4.78 is 0. The first kappa shape index (κ1) is 24.2. The van der Waals surface area contributed by atoms with Crippen molar-refractivity contribution in [3.05, 3.63) is 35.9 Å². The van der Waals surface area contributed by atoms with Gasteiger partial charge in [0.25, 0.3) is 0 Å². The Morgan fingerprint density at radius 1 is 1.20 bits per heavy atom. The summed E-state index contributed by atoms with van der Waals surface area (Å²) in [5, 5.41) is 3.07. The van der Waals surface area contributed by atoms with E-state index in [1.807, 2.05) is 30.3 Å². The predicted octanol–water partition coefficient (Wildman–Crippen LogP) is 2.88. The smallest absolute Gasteiger partial charge is 0.237 e. The maximum absolute atomic E-state index is 12.3. The Morgan fingerprint density at radius 3 is 2.32 bits per heavy atom. The van der Waals surface area contributed by atoms with Crippen molar-refractivity contribution in [1.29, 1.82) is 0 Å². The number of nitrogens with one attached hydrogen (secondary N) is 1. The van der Waals surface area contributed by atoms with Crippen LogP contribution < -0.4 is 11.1 Å². The molecule has 0 bridgehead atoms. The van der Waals surface area contributed by atoms with Crippen LogP contribution in [-0.4, -0.2) is 42.5 Å². The van der Waals surface area contributed by atoms with Gasteiger partial charge < -0.3 is 16.0 Å². The molecular formula is C19H33Cl2N3O. The fraction of sp³-hybridized carbons (Fsp3) is 0.632. The summed E-state index contributed by atoms with van der Waals surface area (Å²) in [4.78, 5) is 14.7. The van der Waals surface area contributed by atoms with Crippen LogP contribution in [0.4, 0.5) is 0 Å². The third kappa shape index (κ3) is 8.41. The highest BCUT2D eigenvalue weighted by molar-refractivity contribution is 5.85. The van der Waals surface area contributed by atoms with Gasteiger partial charge in [-0.3, -0.25) is 4.79 Å². The number of benzene rings is 1. The van der Waals surface area contributed by atoms with Crippen molar-refractivity contribution >= 4 is 30.7 Å². The summed E-state index contributed by atoms with van der Waals surface area (Å²) in [6.07, 6.45) is 1.89. The average molecular weight is 390 g/mol. The largest absolute Gasteiger partial charge is 0.351 e. The molecule has 1 amide bonds. The summed E-state index contributed by atoms with van der Waals surface area (Å²) in [7, 11) is 0. The number of nitrogens with two attached hydrogens (primary N) is 1. The number of rotatable bonds is 6. The van der Waals surface area contributed by atoms with Crippen LogP contribution in [0.2, 0.25) is 0 Å². The highest BCUT2D eigenvalue weighted by Crippen LogP contribution is 2.20. The molecule has 1 aromatic carbocycles. The summed E-state index contributed by atoms with van der Waals surface area (Å²) in [6, 6.07) is 9.57. The van der Waals surface area contributed by atoms with Crippen molar-refractivity contribution in [2.75, 3.05) is 19.6 Å². The van der Waals surface area contributed by atoms with Gasteiger partial charge >= 0.3 is 0 Å². The zero-order valence-corrected chi connectivity index (χ0v) is 17.1. The predicted molar refractivity (Wildman–Crippen MR) is 110 cm³/mol. The Morgan fingerprint density at radius 2 is 1.76 bits per heavy atom. The third-order valence-electron chi connectivity index (χ3n) is 4.50. The minimum Gasteiger partial charge on any atom is -0.351 e. The molecule has 1 aliphatic heterocycles. The van der Waals surface area contributed by atoms with Gasteiger partial charge in [0.05, 0.1) is 6.04 Å². The summed E-state index contributed by atoms with van der Waals surface area (Å²) in [6.45, 7) is 9.83. The molecule has 0 aliphatic carbocycles. The van der Waals surface area contributed by atoms with Crippen LogP contribution in [0.25, 0.3) is 0 Å². The molecule has 1 saturated heterocycles. The average Bonchev–Trinajstić information content (AvgIpc) is 2.46. The minimum absolute atomic E-state index is 0. The van der Waals surface area contributed by atoms with Crippen LogP contribution >= 0.6 is 24.8 Å². The number of piperidine rings is 1. The van der Waals surface area contributed by atoms with E-state index in [1.54, 1.807) is 0 Å². The van der Waals surface area contributed by atoms with Crippen LogP contribution in [0.1, 0.15) is 32.8 Å². The SMILES string of the molecule is CC1CC(C)CN(CC(C)NC(=O)C(N)Cc2ccccc2)C1.Cl.Cl. The van der Waals surface area contributed by atoms with E-state index in [-0.39, 0.29) is 36.8 Å². The number of hydrogen-bond acceptors (Lipinski definition) is 3. The molecule has 0 radical (unpaired) electrons. The lowest BCUT2D eigenvalue weighted by Crippen LogP contribution is -2.51. The summed E-state index contributed by atoms with van der Waals surface area (Å²) >= 11 is 0. The van der Waals surface area contributed by atoms with E-state index in [1.165, 1.54) is 6.42 Å². The molecule has 1 fully saturated rings. The van der Waals surface area contributed by atoms with Crippen LogP contribution in [0.15, 0.2) is 30.3 Å². The molecule has 0 aromatic heterocycles. The van der Waals surface area contributed by atoms with E-state index in [0.29, 0.717) is 6.42 Å². The molecule has 2 rings (SSSR count). The molecular weight excluding hydrogens is 357 g/mol. The van der Waals surface area contributed by atoms with Crippen molar-refractivity contribution in [2.24, 2.45) is 17.6 Å². The van der Waals surface area contributed by atoms with Gasteiger partial charge in [0.15, 0.2) is 0 Å². The number of carbonyl (C=O) groups is 1. The van der Waals surface area contributed by atoms with Gasteiger partial charge in [0.1, 0.15) is 0 Å². The van der Waals surface area contributed by atoms with Crippen LogP contribution in [0.3, 0.4) is 0 Å². The molecule has 1 aromatic rings. The van der Waals surface area contributed by atoms with Crippen molar-refractivity contribution in [3.8, 4) is 0 Å². The molecule has 0 spiro atoms. The topological polar surface area (TPSA) is 58.4 Å². The molecule has 4 unspecified atom stereocenters. The van der Waals surface area contributed by atoms with E-state index >= 15 is 0 Å². The first-order chi connectivity index (χ1) is 10.9. The van der Waals surface area contributed by atoms with Crippen molar-refractivity contribution in [2.45, 2.75) is 45.7 Å². The van der Waals surface area contributed by atoms with Gasteiger partial charge in [0, 0.05) is 25.7 Å². The van der Waals surface area contributed by atoms with Gasteiger partial charge in [0.2, 0.25) is 5.91 Å². The fourth-order valence-electron chi connectivity index (χ4n) is 3.68. The Balaban J connectivity index is 0.00000288. The first-order valence-electron chi connectivity index (χ1n) is 8.76. The molecule has 144 valence electrons.